The van der Waals surface area contributed by atoms with Gasteiger partial charge in [-0.15, -0.1) is 0 Å². The number of carbonyl (C=O) groups excluding carboxylic acids is 2. The second-order valence-electron chi connectivity index (χ2n) is 7.41. The first-order valence-corrected chi connectivity index (χ1v) is 10.7. The van der Waals surface area contributed by atoms with Crippen molar-refractivity contribution in [2.75, 3.05) is 11.9 Å². The number of aromatic amines is 1. The minimum absolute atomic E-state index is 0.0599. The first-order chi connectivity index (χ1) is 16.9. The first kappa shape index (κ1) is 23.4. The Bertz CT molecular complexity index is 1300. The molecule has 12 heteroatoms. The number of aromatic nitrogens is 5. The predicted molar refractivity (Wildman–Crippen MR) is 122 cm³/mol. The summed E-state index contributed by atoms with van der Waals surface area (Å²) in [6, 6.07) is 9.74. The fourth-order valence-corrected chi connectivity index (χ4v) is 2.93. The zero-order chi connectivity index (χ0) is 24.8. The molecule has 1 amide bonds. The van der Waals surface area contributed by atoms with Crippen molar-refractivity contribution in [3.63, 3.8) is 0 Å². The molecule has 0 aliphatic rings. The highest BCUT2D eigenvalue weighted by molar-refractivity contribution is 6.04. The molecule has 4 rings (SSSR count). The normalized spacial score (nSPS) is 10.7. The third kappa shape index (κ3) is 5.99. The molecule has 180 valence electrons. The molecule has 12 nitrogen and oxygen atoms in total. The van der Waals surface area contributed by atoms with E-state index in [-0.39, 0.29) is 30.3 Å². The lowest BCUT2D eigenvalue weighted by molar-refractivity contribution is 0.0508. The molecule has 3 heterocycles. The Morgan fingerprint density at radius 2 is 1.94 bits per heavy atom. The van der Waals surface area contributed by atoms with Gasteiger partial charge in [-0.3, -0.25) is 9.89 Å². The van der Waals surface area contributed by atoms with E-state index in [0.717, 1.165) is 0 Å². The molecule has 0 fully saturated rings. The number of ether oxygens (including phenoxy) is 3. The Hall–Kier alpha value is -4.74. The van der Waals surface area contributed by atoms with E-state index in [9.17, 15) is 9.59 Å². The predicted octanol–water partition coefficient (Wildman–Crippen LogP) is 3.86. The zero-order valence-corrected chi connectivity index (χ0v) is 19.1. The van der Waals surface area contributed by atoms with Crippen LogP contribution in [0.3, 0.4) is 0 Å². The van der Waals surface area contributed by atoms with E-state index in [1.165, 1.54) is 12.4 Å². The van der Waals surface area contributed by atoms with Crippen LogP contribution in [0, 0.1) is 0 Å². The van der Waals surface area contributed by atoms with E-state index < -0.39 is 5.97 Å². The molecule has 0 saturated heterocycles. The summed E-state index contributed by atoms with van der Waals surface area (Å²) in [5.74, 6) is 0.509. The van der Waals surface area contributed by atoms with Gasteiger partial charge in [0.05, 0.1) is 25.1 Å². The third-order valence-corrected chi connectivity index (χ3v) is 4.34. The molecule has 1 aromatic carbocycles. The Morgan fingerprint density at radius 3 is 2.63 bits per heavy atom. The topological polar surface area (TPSA) is 154 Å². The molecule has 0 atom stereocenters. The third-order valence-electron chi connectivity index (χ3n) is 4.34. The molecule has 0 unspecified atom stereocenters. The Morgan fingerprint density at radius 1 is 1.11 bits per heavy atom. The number of nitrogens with zero attached hydrogens (tertiary/aromatic N) is 4. The minimum Gasteiger partial charge on any atom is -0.491 e. The van der Waals surface area contributed by atoms with Gasteiger partial charge >= 0.3 is 5.97 Å². The molecule has 0 saturated carbocycles. The van der Waals surface area contributed by atoms with Gasteiger partial charge in [0.2, 0.25) is 0 Å². The molecule has 0 aliphatic heterocycles. The van der Waals surface area contributed by atoms with Crippen molar-refractivity contribution in [3.05, 3.63) is 60.2 Å². The number of nitrogens with one attached hydrogen (secondary N) is 2. The lowest BCUT2D eigenvalue weighted by Crippen LogP contribution is -2.13. The van der Waals surface area contributed by atoms with Crippen LogP contribution in [0.4, 0.5) is 5.82 Å². The van der Waals surface area contributed by atoms with E-state index in [4.69, 9.17) is 18.7 Å². The van der Waals surface area contributed by atoms with Gasteiger partial charge in [-0.1, -0.05) is 0 Å². The van der Waals surface area contributed by atoms with Crippen LogP contribution < -0.4 is 14.8 Å². The number of carbonyl (C=O) groups is 2. The number of hydrogen-bond donors (Lipinski definition) is 2. The van der Waals surface area contributed by atoms with Gasteiger partial charge in [0.1, 0.15) is 28.8 Å². The maximum absolute atomic E-state index is 12.7. The van der Waals surface area contributed by atoms with Crippen LogP contribution in [0.2, 0.25) is 0 Å². The molecular weight excluding hydrogens is 456 g/mol. The first-order valence-electron chi connectivity index (χ1n) is 10.7. The average molecular weight is 478 g/mol. The molecule has 0 aliphatic carbocycles. The van der Waals surface area contributed by atoms with Crippen LogP contribution in [-0.2, 0) is 4.74 Å². The summed E-state index contributed by atoms with van der Waals surface area (Å²) >= 11 is 0. The molecule has 3 aromatic heterocycles. The van der Waals surface area contributed by atoms with Crippen molar-refractivity contribution in [3.8, 4) is 28.8 Å². The SMILES string of the molecule is CCOC(=O)c1noc(-c2ccc(Oc3cc(OC(C)C)cc(C(=O)Nc4ccn[nH]4)c3)cn2)n1. The van der Waals surface area contributed by atoms with E-state index in [1.807, 2.05) is 13.8 Å². The van der Waals surface area contributed by atoms with Crippen LogP contribution in [0.1, 0.15) is 41.7 Å². The fraction of sp³-hybridized carbons (Fsp3) is 0.217. The van der Waals surface area contributed by atoms with Gasteiger partial charge in [-0.25, -0.2) is 9.78 Å². The van der Waals surface area contributed by atoms with Crippen LogP contribution in [0.25, 0.3) is 11.6 Å². The summed E-state index contributed by atoms with van der Waals surface area (Å²) in [7, 11) is 0. The lowest BCUT2D eigenvalue weighted by atomic mass is 10.2. The number of benzene rings is 1. The highest BCUT2D eigenvalue weighted by Gasteiger charge is 2.18. The van der Waals surface area contributed by atoms with Crippen molar-refractivity contribution in [1.29, 1.82) is 0 Å². The number of H-pyrrole nitrogens is 1. The maximum Gasteiger partial charge on any atom is 0.379 e. The second kappa shape index (κ2) is 10.5. The zero-order valence-electron chi connectivity index (χ0n) is 19.1. The molecule has 35 heavy (non-hydrogen) atoms. The van der Waals surface area contributed by atoms with Gasteiger partial charge in [0.25, 0.3) is 17.6 Å². The number of rotatable bonds is 9. The molecule has 4 aromatic rings. The quantitative estimate of drug-likeness (QED) is 0.339. The van der Waals surface area contributed by atoms with Crippen molar-refractivity contribution in [2.24, 2.45) is 0 Å². The Labute approximate surface area is 199 Å². The van der Waals surface area contributed by atoms with Gasteiger partial charge in [0.15, 0.2) is 0 Å². The molecule has 0 bridgehead atoms. The van der Waals surface area contributed by atoms with E-state index in [1.54, 1.807) is 43.3 Å². The van der Waals surface area contributed by atoms with Crippen LogP contribution >= 0.6 is 0 Å². The lowest BCUT2D eigenvalue weighted by Gasteiger charge is -2.14. The van der Waals surface area contributed by atoms with Gasteiger partial charge in [-0.2, -0.15) is 10.1 Å². The van der Waals surface area contributed by atoms with Gasteiger partial charge in [0, 0.05) is 17.7 Å². The summed E-state index contributed by atoms with van der Waals surface area (Å²) in [5, 5.41) is 12.8. The number of amides is 1. The van der Waals surface area contributed by atoms with E-state index in [2.05, 4.69) is 30.6 Å². The van der Waals surface area contributed by atoms with E-state index in [0.29, 0.717) is 34.3 Å². The maximum atomic E-state index is 12.7. The number of esters is 1. The minimum atomic E-state index is -0.682. The van der Waals surface area contributed by atoms with Crippen molar-refractivity contribution in [1.82, 2.24) is 25.3 Å². The number of anilines is 1. The monoisotopic (exact) mass is 478 g/mol. The number of pyridine rings is 1. The summed E-state index contributed by atoms with van der Waals surface area (Å²) in [5.41, 5.74) is 0.673. The largest absolute Gasteiger partial charge is 0.491 e. The van der Waals surface area contributed by atoms with Crippen molar-refractivity contribution >= 4 is 17.7 Å². The average Bonchev–Trinajstić information content (AvgIpc) is 3.52. The summed E-state index contributed by atoms with van der Waals surface area (Å²) in [6.45, 7) is 5.64. The van der Waals surface area contributed by atoms with Crippen LogP contribution in [0.5, 0.6) is 17.2 Å². The van der Waals surface area contributed by atoms with Crippen molar-refractivity contribution < 1.29 is 28.3 Å². The molecular formula is C23H22N6O6. The van der Waals surface area contributed by atoms with Crippen LogP contribution in [0.15, 0.2) is 53.3 Å². The second-order valence-corrected chi connectivity index (χ2v) is 7.41. The molecule has 0 radical (unpaired) electrons. The van der Waals surface area contributed by atoms with E-state index >= 15 is 0 Å². The molecule has 0 spiro atoms. The Kier molecular flexibility index (Phi) is 7.00. The summed E-state index contributed by atoms with van der Waals surface area (Å²) in [6.07, 6.45) is 2.87. The van der Waals surface area contributed by atoms with Crippen molar-refractivity contribution in [2.45, 2.75) is 26.9 Å². The molecule has 2 N–H and O–H groups in total. The summed E-state index contributed by atoms with van der Waals surface area (Å²) in [4.78, 5) is 32.7. The highest BCUT2D eigenvalue weighted by atomic mass is 16.5. The fourth-order valence-electron chi connectivity index (χ4n) is 2.93. The standard InChI is InChI=1S/C23H22N6O6/c1-4-32-23(31)20-27-22(35-29-20)18-6-5-15(12-24-18)34-17-10-14(9-16(11-17)33-13(2)3)21(30)26-19-7-8-25-28-19/h5-13H,4H2,1-3H3,(H2,25,26,28,30). The Balaban J connectivity index is 1.52. The van der Waals surface area contributed by atoms with Gasteiger partial charge < -0.3 is 24.1 Å². The van der Waals surface area contributed by atoms with Gasteiger partial charge in [-0.05, 0) is 50.2 Å². The van der Waals surface area contributed by atoms with Crippen LogP contribution in [-0.4, -0.2) is 49.9 Å². The summed E-state index contributed by atoms with van der Waals surface area (Å²) < 4.78 is 21.6. The highest BCUT2D eigenvalue weighted by Crippen LogP contribution is 2.29. The number of hydrogen-bond acceptors (Lipinski definition) is 10. The smallest absolute Gasteiger partial charge is 0.379 e.